The molecule has 2 saturated heterocycles. The van der Waals surface area contributed by atoms with Crippen LogP contribution in [-0.2, 0) is 26.3 Å². The second-order valence-electron chi connectivity index (χ2n) is 7.95. The van der Waals surface area contributed by atoms with Crippen LogP contribution >= 0.6 is 15.9 Å². The highest BCUT2D eigenvalue weighted by molar-refractivity contribution is 9.10. The van der Waals surface area contributed by atoms with Crippen LogP contribution in [0.3, 0.4) is 0 Å². The van der Waals surface area contributed by atoms with Gasteiger partial charge in [0.25, 0.3) is 0 Å². The average molecular weight is 454 g/mol. The maximum Gasteiger partial charge on any atom is 0.250 e. The number of hydrogen-bond donors (Lipinski definition) is 2. The molecule has 0 saturated carbocycles. The van der Waals surface area contributed by atoms with Crippen molar-refractivity contribution in [1.29, 1.82) is 0 Å². The standard InChI is InChI=1S/C22H20BrN3O3/c1-12-17-18(20(28)26(19(17)27)10-9-13-5-3-2-4-6-13)22(25-12)15-11-14(23)7-8-16(15)24-21(22)29/h2-8,11-12,17-18,25H,9-10H2,1H3,(H,24,29)/t12-,17+,18-,22+/m0/s1. The Morgan fingerprint density at radius 3 is 2.59 bits per heavy atom. The van der Waals surface area contributed by atoms with Crippen LogP contribution in [0.1, 0.15) is 18.1 Å². The predicted molar refractivity (Wildman–Crippen MR) is 111 cm³/mol. The summed E-state index contributed by atoms with van der Waals surface area (Å²) in [5.41, 5.74) is 1.26. The number of amides is 3. The largest absolute Gasteiger partial charge is 0.324 e. The monoisotopic (exact) mass is 453 g/mol. The number of anilines is 1. The molecule has 3 heterocycles. The molecule has 3 aliphatic rings. The Morgan fingerprint density at radius 1 is 1.07 bits per heavy atom. The maximum atomic E-state index is 13.4. The quantitative estimate of drug-likeness (QED) is 0.699. The Hall–Kier alpha value is -2.51. The van der Waals surface area contributed by atoms with E-state index in [1.165, 1.54) is 4.90 Å². The lowest BCUT2D eigenvalue weighted by Crippen LogP contribution is -2.53. The third-order valence-electron chi connectivity index (χ3n) is 6.38. The minimum atomic E-state index is -1.21. The van der Waals surface area contributed by atoms with Gasteiger partial charge in [-0.2, -0.15) is 0 Å². The first kappa shape index (κ1) is 18.5. The smallest absolute Gasteiger partial charge is 0.250 e. The molecule has 0 bridgehead atoms. The lowest BCUT2D eigenvalue weighted by molar-refractivity contribution is -0.142. The molecule has 6 nitrogen and oxygen atoms in total. The number of nitrogens with one attached hydrogen (secondary N) is 2. The second kappa shape index (κ2) is 6.50. The van der Waals surface area contributed by atoms with Crippen LogP contribution in [-0.4, -0.2) is 35.2 Å². The van der Waals surface area contributed by atoms with Gasteiger partial charge in [-0.15, -0.1) is 0 Å². The Balaban J connectivity index is 1.52. The van der Waals surface area contributed by atoms with Crippen molar-refractivity contribution in [2.75, 3.05) is 11.9 Å². The summed E-state index contributed by atoms with van der Waals surface area (Å²) in [5.74, 6) is -2.01. The van der Waals surface area contributed by atoms with Gasteiger partial charge in [-0.3, -0.25) is 24.6 Å². The maximum absolute atomic E-state index is 13.4. The molecule has 0 aromatic heterocycles. The second-order valence-corrected chi connectivity index (χ2v) is 8.87. The van der Waals surface area contributed by atoms with Crippen molar-refractivity contribution < 1.29 is 14.4 Å². The van der Waals surface area contributed by atoms with Crippen molar-refractivity contribution in [3.8, 4) is 0 Å². The molecular formula is C22H20BrN3O3. The molecule has 0 aliphatic carbocycles. The first-order valence-electron chi connectivity index (χ1n) is 9.72. The van der Waals surface area contributed by atoms with Crippen molar-refractivity contribution in [2.24, 2.45) is 11.8 Å². The first-order chi connectivity index (χ1) is 13.9. The minimum absolute atomic E-state index is 0.191. The number of nitrogens with zero attached hydrogens (tertiary/aromatic N) is 1. The summed E-state index contributed by atoms with van der Waals surface area (Å²) in [6.07, 6.45) is 0.598. The van der Waals surface area contributed by atoms with Gasteiger partial charge in [-0.05, 0) is 37.1 Å². The summed E-state index contributed by atoms with van der Waals surface area (Å²) in [6.45, 7) is 2.20. The molecule has 2 N–H and O–H groups in total. The Kier molecular flexibility index (Phi) is 4.15. The number of rotatable bonds is 3. The van der Waals surface area contributed by atoms with Crippen LogP contribution in [0.15, 0.2) is 53.0 Å². The molecule has 7 heteroatoms. The van der Waals surface area contributed by atoms with Gasteiger partial charge < -0.3 is 5.32 Å². The lowest BCUT2D eigenvalue weighted by Gasteiger charge is -2.29. The Labute approximate surface area is 176 Å². The summed E-state index contributed by atoms with van der Waals surface area (Å²) < 4.78 is 0.822. The molecule has 2 aromatic rings. The highest BCUT2D eigenvalue weighted by Crippen LogP contribution is 2.53. The number of carbonyl (C=O) groups is 3. The molecule has 2 aromatic carbocycles. The zero-order valence-electron chi connectivity index (χ0n) is 15.8. The predicted octanol–water partition coefficient (Wildman–Crippen LogP) is 2.43. The number of benzene rings is 2. The van der Waals surface area contributed by atoms with Gasteiger partial charge >= 0.3 is 0 Å². The van der Waals surface area contributed by atoms with Gasteiger partial charge in [0, 0.05) is 28.3 Å². The third-order valence-corrected chi connectivity index (χ3v) is 6.88. The molecule has 4 atom stereocenters. The highest BCUT2D eigenvalue weighted by atomic mass is 79.9. The summed E-state index contributed by atoms with van der Waals surface area (Å²) in [5, 5.41) is 6.21. The van der Waals surface area contributed by atoms with Gasteiger partial charge in [0.1, 0.15) is 5.54 Å². The van der Waals surface area contributed by atoms with Crippen molar-refractivity contribution in [3.05, 3.63) is 64.1 Å². The van der Waals surface area contributed by atoms with Gasteiger partial charge in [0.2, 0.25) is 17.7 Å². The lowest BCUT2D eigenvalue weighted by atomic mass is 9.76. The van der Waals surface area contributed by atoms with E-state index in [9.17, 15) is 14.4 Å². The van der Waals surface area contributed by atoms with E-state index < -0.39 is 17.4 Å². The number of likely N-dealkylation sites (tertiary alicyclic amines) is 1. The van der Waals surface area contributed by atoms with Crippen LogP contribution in [0, 0.1) is 11.8 Å². The first-order valence-corrected chi connectivity index (χ1v) is 10.5. The van der Waals surface area contributed by atoms with Crippen LogP contribution < -0.4 is 10.6 Å². The summed E-state index contributed by atoms with van der Waals surface area (Å²) in [4.78, 5) is 41.1. The number of fused-ring (bicyclic) bond motifs is 4. The van der Waals surface area contributed by atoms with Crippen LogP contribution in [0.25, 0.3) is 0 Å². The van der Waals surface area contributed by atoms with Gasteiger partial charge in [-0.25, -0.2) is 0 Å². The zero-order valence-corrected chi connectivity index (χ0v) is 17.4. The fourth-order valence-electron chi connectivity index (χ4n) is 5.10. The molecule has 29 heavy (non-hydrogen) atoms. The SMILES string of the molecule is C[C@@H]1N[C@@]2(C(=O)Nc3ccc(Br)cc32)[C@@H]2C(=O)N(CCc3ccccc3)C(=O)[C@H]12. The van der Waals surface area contributed by atoms with E-state index in [1.807, 2.05) is 55.5 Å². The van der Waals surface area contributed by atoms with Gasteiger partial charge in [0.05, 0.1) is 11.8 Å². The van der Waals surface area contributed by atoms with E-state index in [1.54, 1.807) is 0 Å². The molecular weight excluding hydrogens is 434 g/mol. The fraction of sp³-hybridized carbons (Fsp3) is 0.318. The summed E-state index contributed by atoms with van der Waals surface area (Å²) >= 11 is 3.46. The number of carbonyl (C=O) groups excluding carboxylic acids is 3. The van der Waals surface area contributed by atoms with Crippen LogP contribution in [0.2, 0.25) is 0 Å². The van der Waals surface area contributed by atoms with E-state index in [0.29, 0.717) is 18.7 Å². The fourth-order valence-corrected chi connectivity index (χ4v) is 5.46. The molecule has 0 unspecified atom stereocenters. The van der Waals surface area contributed by atoms with E-state index in [2.05, 4.69) is 26.6 Å². The van der Waals surface area contributed by atoms with E-state index >= 15 is 0 Å². The molecule has 5 rings (SSSR count). The van der Waals surface area contributed by atoms with Crippen LogP contribution in [0.5, 0.6) is 0 Å². The minimum Gasteiger partial charge on any atom is -0.324 e. The molecule has 3 amide bonds. The Morgan fingerprint density at radius 2 is 1.83 bits per heavy atom. The number of halogens is 1. The summed E-state index contributed by atoms with van der Waals surface area (Å²) in [7, 11) is 0. The number of imide groups is 1. The molecule has 0 radical (unpaired) electrons. The van der Waals surface area contributed by atoms with Crippen molar-refractivity contribution in [1.82, 2.24) is 10.2 Å². The number of hydrogen-bond acceptors (Lipinski definition) is 4. The normalized spacial score (nSPS) is 30.1. The van der Waals surface area contributed by atoms with Crippen molar-refractivity contribution in [2.45, 2.75) is 24.9 Å². The van der Waals surface area contributed by atoms with E-state index in [4.69, 9.17) is 0 Å². The van der Waals surface area contributed by atoms with Crippen molar-refractivity contribution in [3.63, 3.8) is 0 Å². The molecule has 2 fully saturated rings. The topological polar surface area (TPSA) is 78.5 Å². The van der Waals surface area contributed by atoms with Crippen LogP contribution in [0.4, 0.5) is 5.69 Å². The molecule has 148 valence electrons. The van der Waals surface area contributed by atoms with E-state index in [0.717, 1.165) is 15.6 Å². The van der Waals surface area contributed by atoms with E-state index in [-0.39, 0.29) is 23.8 Å². The summed E-state index contributed by atoms with van der Waals surface area (Å²) in [6, 6.07) is 15.0. The third kappa shape index (κ3) is 2.53. The Bertz CT molecular complexity index is 1040. The van der Waals surface area contributed by atoms with Gasteiger partial charge in [-0.1, -0.05) is 46.3 Å². The molecule has 3 aliphatic heterocycles. The molecule has 1 spiro atoms. The van der Waals surface area contributed by atoms with Gasteiger partial charge in [0.15, 0.2) is 0 Å². The highest BCUT2D eigenvalue weighted by Gasteiger charge is 2.69. The van der Waals surface area contributed by atoms with Crippen molar-refractivity contribution >= 4 is 39.3 Å². The average Bonchev–Trinajstić information content (AvgIpc) is 3.26. The zero-order chi connectivity index (χ0) is 20.3.